The molecule has 202 valence electrons. The van der Waals surface area contributed by atoms with Crippen LogP contribution in [0.5, 0.6) is 0 Å². The maximum absolute atomic E-state index is 10.5. The Balaban J connectivity index is 1.77. The second-order valence-electron chi connectivity index (χ2n) is 11.4. The first-order valence-electron chi connectivity index (χ1n) is 12.2. The van der Waals surface area contributed by atoms with E-state index in [0.29, 0.717) is 6.61 Å². The van der Waals surface area contributed by atoms with Crippen LogP contribution in [0.4, 0.5) is 0 Å². The quantitative estimate of drug-likeness (QED) is 0.212. The van der Waals surface area contributed by atoms with Gasteiger partial charge in [-0.2, -0.15) is 0 Å². The molecule has 0 aromatic rings. The van der Waals surface area contributed by atoms with E-state index in [-0.39, 0.29) is 19.4 Å². The van der Waals surface area contributed by atoms with Gasteiger partial charge in [-0.25, -0.2) is 0 Å². The van der Waals surface area contributed by atoms with Gasteiger partial charge >= 0.3 is 8.56 Å². The number of hydrogen-bond acceptors (Lipinski definition) is 10. The van der Waals surface area contributed by atoms with E-state index in [1.807, 2.05) is 0 Å². The minimum Gasteiger partial charge on any atom is -0.437 e. The van der Waals surface area contributed by atoms with E-state index in [1.54, 1.807) is 0 Å². The number of rotatable bonds is 12. The molecule has 2 saturated heterocycles. The normalized spacial score (nSPS) is 33.8. The highest BCUT2D eigenvalue weighted by Gasteiger charge is 2.41. The van der Waals surface area contributed by atoms with E-state index in [9.17, 15) is 20.4 Å². The number of aliphatic hydroxyl groups is 4. The fourth-order valence-corrected chi connectivity index (χ4v) is 16.9. The average Bonchev–Trinajstić information content (AvgIpc) is 2.66. The molecule has 0 spiro atoms. The van der Waals surface area contributed by atoms with Crippen molar-refractivity contribution in [2.24, 2.45) is 0 Å². The van der Waals surface area contributed by atoms with Crippen LogP contribution in [0.15, 0.2) is 0 Å². The first-order chi connectivity index (χ1) is 15.6. The van der Waals surface area contributed by atoms with Crippen molar-refractivity contribution < 1.29 is 47.6 Å². The summed E-state index contributed by atoms with van der Waals surface area (Å²) in [5.74, 6) is 0. The molecule has 13 heteroatoms. The molecule has 10 nitrogen and oxygen atoms in total. The molecule has 0 aromatic carbocycles. The summed E-state index contributed by atoms with van der Waals surface area (Å²) in [5, 5.41) is 39.6. The highest BCUT2D eigenvalue weighted by molar-refractivity contribution is 6.87. The molecule has 7 unspecified atom stereocenters. The SMILES string of the molecule is C[Si](C)(C)O[Si](C)(CCCOC1OCC(OC2CC(O)C(O)C(CO)O2)CC1O)O[Si](C)(C)C. The van der Waals surface area contributed by atoms with Crippen LogP contribution < -0.4 is 0 Å². The molecule has 2 fully saturated rings. The summed E-state index contributed by atoms with van der Waals surface area (Å²) in [6.07, 6.45) is -4.87. The van der Waals surface area contributed by atoms with Crippen LogP contribution in [0.2, 0.25) is 51.9 Å². The van der Waals surface area contributed by atoms with Gasteiger partial charge in [0.2, 0.25) is 0 Å². The third-order valence-corrected chi connectivity index (χ3v) is 15.0. The van der Waals surface area contributed by atoms with Crippen molar-refractivity contribution in [2.45, 2.75) is 114 Å². The van der Waals surface area contributed by atoms with Gasteiger partial charge in [0.25, 0.3) is 0 Å². The Hall–Kier alpha value is 0.251. The Labute approximate surface area is 207 Å². The van der Waals surface area contributed by atoms with Gasteiger partial charge in [-0.15, -0.1) is 0 Å². The molecule has 34 heavy (non-hydrogen) atoms. The number of ether oxygens (including phenoxy) is 4. The van der Waals surface area contributed by atoms with Gasteiger partial charge < -0.3 is 47.6 Å². The predicted octanol–water partition coefficient (Wildman–Crippen LogP) is 1.49. The second-order valence-corrected chi connectivity index (χ2v) is 24.2. The summed E-state index contributed by atoms with van der Waals surface area (Å²) >= 11 is 0. The summed E-state index contributed by atoms with van der Waals surface area (Å²) < 4.78 is 35.8. The van der Waals surface area contributed by atoms with Crippen LogP contribution >= 0.6 is 0 Å². The van der Waals surface area contributed by atoms with Crippen molar-refractivity contribution in [3.8, 4) is 0 Å². The minimum atomic E-state index is -2.33. The van der Waals surface area contributed by atoms with E-state index >= 15 is 0 Å². The molecule has 0 saturated carbocycles. The van der Waals surface area contributed by atoms with Crippen LogP contribution in [0.3, 0.4) is 0 Å². The van der Waals surface area contributed by atoms with Crippen LogP contribution in [0.1, 0.15) is 19.3 Å². The summed E-state index contributed by atoms with van der Waals surface area (Å²) in [5.41, 5.74) is 0. The zero-order chi connectivity index (χ0) is 25.7. The number of hydrogen-bond donors (Lipinski definition) is 4. The molecule has 0 aliphatic carbocycles. The fourth-order valence-electron chi connectivity index (χ4n) is 4.40. The van der Waals surface area contributed by atoms with E-state index in [4.69, 9.17) is 27.2 Å². The summed E-state index contributed by atoms with van der Waals surface area (Å²) in [4.78, 5) is 0. The molecule has 0 aromatic heterocycles. The third-order valence-electron chi connectivity index (χ3n) is 5.43. The van der Waals surface area contributed by atoms with Gasteiger partial charge in [0.05, 0.1) is 25.4 Å². The van der Waals surface area contributed by atoms with Crippen LogP contribution in [0.25, 0.3) is 0 Å². The molecule has 2 aliphatic heterocycles. The lowest BCUT2D eigenvalue weighted by molar-refractivity contribution is -0.299. The first kappa shape index (κ1) is 30.5. The molecule has 0 bridgehead atoms. The van der Waals surface area contributed by atoms with Crippen molar-refractivity contribution >= 4 is 25.2 Å². The van der Waals surface area contributed by atoms with Crippen molar-refractivity contribution in [2.75, 3.05) is 19.8 Å². The monoisotopic (exact) mass is 542 g/mol. The molecule has 4 N–H and O–H groups in total. The molecule has 2 aliphatic rings. The van der Waals surface area contributed by atoms with Crippen molar-refractivity contribution in [3.05, 3.63) is 0 Å². The lowest BCUT2D eigenvalue weighted by Crippen LogP contribution is -2.53. The summed E-state index contributed by atoms with van der Waals surface area (Å²) in [6, 6.07) is 0.815. The molecule has 0 radical (unpaired) electrons. The lowest BCUT2D eigenvalue weighted by atomic mass is 10.0. The van der Waals surface area contributed by atoms with Gasteiger partial charge in [-0.1, -0.05) is 0 Å². The van der Waals surface area contributed by atoms with Crippen LogP contribution in [0, 0.1) is 0 Å². The van der Waals surface area contributed by atoms with Gasteiger partial charge in [0.15, 0.2) is 29.2 Å². The van der Waals surface area contributed by atoms with Gasteiger partial charge in [-0.3, -0.25) is 0 Å². The second kappa shape index (κ2) is 12.7. The van der Waals surface area contributed by atoms with E-state index in [2.05, 4.69) is 45.8 Å². The summed E-state index contributed by atoms with van der Waals surface area (Å²) in [7, 11) is -5.83. The molecule has 0 amide bonds. The highest BCUT2D eigenvalue weighted by Crippen LogP contribution is 2.27. The van der Waals surface area contributed by atoms with E-state index < -0.39 is 74.9 Å². The van der Waals surface area contributed by atoms with E-state index in [0.717, 1.165) is 12.5 Å². The van der Waals surface area contributed by atoms with Gasteiger partial charge in [0.1, 0.15) is 18.3 Å². The Morgan fingerprint density at radius 1 is 0.882 bits per heavy atom. The maximum Gasteiger partial charge on any atom is 0.314 e. The standard InChI is InChI=1S/C21H46O10Si3/c1-32(2,3)30-34(7,31-33(4,5)6)10-8-9-26-21-17(24)11-15(14-27-21)28-19-12-16(23)20(25)18(13-22)29-19/h15-25H,8-14H2,1-7H3. The van der Waals surface area contributed by atoms with Crippen molar-refractivity contribution in [1.82, 2.24) is 0 Å². The Kier molecular flexibility index (Phi) is 11.4. The minimum absolute atomic E-state index is 0.0752. The Bertz CT molecular complexity index is 599. The Morgan fingerprint density at radius 2 is 1.50 bits per heavy atom. The smallest absolute Gasteiger partial charge is 0.314 e. The molecule has 7 atom stereocenters. The topological polar surface area (TPSA) is 136 Å². The largest absolute Gasteiger partial charge is 0.437 e. The fraction of sp³-hybridized carbons (Fsp3) is 1.00. The zero-order valence-electron chi connectivity index (χ0n) is 21.7. The molecular formula is C21H46O10Si3. The first-order valence-corrected chi connectivity index (χ1v) is 21.5. The van der Waals surface area contributed by atoms with Crippen LogP contribution in [-0.4, -0.2) is 109 Å². The lowest BCUT2D eigenvalue weighted by Gasteiger charge is -2.40. The van der Waals surface area contributed by atoms with Crippen molar-refractivity contribution in [3.63, 3.8) is 0 Å². The zero-order valence-corrected chi connectivity index (χ0v) is 24.7. The van der Waals surface area contributed by atoms with E-state index in [1.165, 1.54) is 0 Å². The predicted molar refractivity (Wildman–Crippen MR) is 133 cm³/mol. The van der Waals surface area contributed by atoms with Gasteiger partial charge in [-0.05, 0) is 58.3 Å². The number of aliphatic hydroxyl groups excluding tert-OH is 4. The highest BCUT2D eigenvalue weighted by atomic mass is 28.5. The Morgan fingerprint density at radius 3 is 2.03 bits per heavy atom. The van der Waals surface area contributed by atoms with Crippen LogP contribution in [-0.2, 0) is 27.2 Å². The van der Waals surface area contributed by atoms with Crippen molar-refractivity contribution in [1.29, 1.82) is 0 Å². The summed E-state index contributed by atoms with van der Waals surface area (Å²) in [6.45, 7) is 15.4. The molecule has 2 heterocycles. The van der Waals surface area contributed by atoms with Gasteiger partial charge in [0, 0.05) is 19.4 Å². The molecule has 2 rings (SSSR count). The maximum atomic E-state index is 10.5. The average molecular weight is 543 g/mol. The molecular weight excluding hydrogens is 496 g/mol. The third kappa shape index (κ3) is 10.3.